The molecule has 0 unspecified atom stereocenters. The Kier molecular flexibility index (Phi) is 46.4. The predicted octanol–water partition coefficient (Wildman–Crippen LogP) is 16.5. The summed E-state index contributed by atoms with van der Waals surface area (Å²) in [5.74, 6) is -0.923. The summed E-state index contributed by atoms with van der Waals surface area (Å²) in [6.45, 7) is 6.52. The van der Waals surface area contributed by atoms with Crippen molar-refractivity contribution in [3.63, 3.8) is 0 Å². The lowest BCUT2D eigenvalue weighted by Crippen LogP contribution is -2.30. The zero-order valence-electron chi connectivity index (χ0n) is 39.5. The van der Waals surface area contributed by atoms with Gasteiger partial charge in [0.05, 0.1) is 0 Å². The zero-order valence-corrected chi connectivity index (χ0v) is 39.5. The number of hydrogen-bond donors (Lipinski definition) is 0. The monoisotopic (exact) mass is 839 g/mol. The van der Waals surface area contributed by atoms with Crippen molar-refractivity contribution in [2.24, 2.45) is 0 Å². The summed E-state index contributed by atoms with van der Waals surface area (Å²) in [7, 11) is 0. The molecule has 0 aromatic heterocycles. The minimum atomic E-state index is -0.789. The molecular formula is C54H94O6. The fraction of sp³-hybridized carbons (Fsp3) is 0.759. The van der Waals surface area contributed by atoms with Crippen LogP contribution >= 0.6 is 0 Å². The maximum Gasteiger partial charge on any atom is 0.306 e. The molecule has 0 aliphatic carbocycles. The molecule has 60 heavy (non-hydrogen) atoms. The van der Waals surface area contributed by atoms with E-state index in [1.165, 1.54) is 96.3 Å². The average Bonchev–Trinajstić information content (AvgIpc) is 3.24. The van der Waals surface area contributed by atoms with Crippen molar-refractivity contribution in [3.05, 3.63) is 60.8 Å². The Morgan fingerprint density at radius 1 is 0.333 bits per heavy atom. The highest BCUT2D eigenvalue weighted by Crippen LogP contribution is 2.13. The molecule has 0 aliphatic rings. The molecule has 0 spiro atoms. The quantitative estimate of drug-likeness (QED) is 0.0263. The number of unbranched alkanes of at least 4 members (excludes halogenated alkanes) is 24. The van der Waals surface area contributed by atoms with E-state index in [2.05, 4.69) is 81.5 Å². The topological polar surface area (TPSA) is 78.9 Å². The van der Waals surface area contributed by atoms with Crippen LogP contribution in [0.25, 0.3) is 0 Å². The van der Waals surface area contributed by atoms with Crippen LogP contribution in [0.3, 0.4) is 0 Å². The third-order valence-electron chi connectivity index (χ3n) is 10.7. The van der Waals surface area contributed by atoms with Gasteiger partial charge in [0.25, 0.3) is 0 Å². The highest BCUT2D eigenvalue weighted by Gasteiger charge is 2.19. The number of allylic oxidation sites excluding steroid dienone is 10. The summed E-state index contributed by atoms with van der Waals surface area (Å²) in [6, 6.07) is 0. The van der Waals surface area contributed by atoms with Crippen LogP contribution in [0.15, 0.2) is 60.8 Å². The first-order chi connectivity index (χ1) is 29.5. The van der Waals surface area contributed by atoms with Crippen LogP contribution in [-0.2, 0) is 28.6 Å². The smallest absolute Gasteiger partial charge is 0.306 e. The van der Waals surface area contributed by atoms with E-state index in [1.54, 1.807) is 0 Å². The van der Waals surface area contributed by atoms with E-state index < -0.39 is 6.10 Å². The first kappa shape index (κ1) is 57.1. The standard InChI is InChI=1S/C54H94O6/c1-4-7-10-13-16-19-22-25-28-31-34-37-40-43-46-52(55)58-49-51(60-54(57)48-45-42-39-36-33-30-27-24-21-18-15-12-9-6-3)50-59-53(56)47-44-41-38-35-32-29-26-23-20-17-14-11-8-5-2/h13,15-16,18,22-27,51H,4-12,14,17,19-21,28-50H2,1-3H3/b16-13+,18-15+,25-22+,26-23+,27-24+/t51-/m0/s1. The lowest BCUT2D eigenvalue weighted by molar-refractivity contribution is -0.167. The summed E-state index contributed by atoms with van der Waals surface area (Å²) in [5, 5.41) is 0. The van der Waals surface area contributed by atoms with E-state index in [4.69, 9.17) is 14.2 Å². The summed E-state index contributed by atoms with van der Waals surface area (Å²) in [6.07, 6.45) is 59.1. The molecule has 0 aliphatic heterocycles. The SMILES string of the molecule is CCCC/C=C/C/C=C/CCCCCCCC(=O)OC[C@@H](COC(=O)CCCCCCC/C=C/CCCCCCC)OC(=O)CCCCCCC/C=C/C/C=C/CCCC. The van der Waals surface area contributed by atoms with Crippen LogP contribution in [-0.4, -0.2) is 37.2 Å². The van der Waals surface area contributed by atoms with Crippen LogP contribution < -0.4 is 0 Å². The van der Waals surface area contributed by atoms with Crippen molar-refractivity contribution in [2.45, 2.75) is 252 Å². The van der Waals surface area contributed by atoms with Crippen molar-refractivity contribution < 1.29 is 28.6 Å². The molecule has 1 atom stereocenters. The molecule has 0 saturated heterocycles. The minimum Gasteiger partial charge on any atom is -0.462 e. The minimum absolute atomic E-state index is 0.0889. The van der Waals surface area contributed by atoms with Gasteiger partial charge < -0.3 is 14.2 Å². The summed E-state index contributed by atoms with van der Waals surface area (Å²) < 4.78 is 16.8. The van der Waals surface area contributed by atoms with Gasteiger partial charge in [0.15, 0.2) is 6.10 Å². The summed E-state index contributed by atoms with van der Waals surface area (Å²) in [5.41, 5.74) is 0. The molecule has 6 nitrogen and oxygen atoms in total. The van der Waals surface area contributed by atoms with Crippen molar-refractivity contribution in [1.29, 1.82) is 0 Å². The Balaban J connectivity index is 4.44. The van der Waals surface area contributed by atoms with E-state index in [-0.39, 0.29) is 31.1 Å². The third-order valence-corrected chi connectivity index (χ3v) is 10.7. The second-order valence-electron chi connectivity index (χ2n) is 16.7. The molecule has 0 aromatic rings. The maximum absolute atomic E-state index is 12.8. The second kappa shape index (κ2) is 48.8. The first-order valence-corrected chi connectivity index (χ1v) is 25.3. The number of esters is 3. The van der Waals surface area contributed by atoms with Crippen molar-refractivity contribution in [1.82, 2.24) is 0 Å². The van der Waals surface area contributed by atoms with Gasteiger partial charge in [0.2, 0.25) is 0 Å². The lowest BCUT2D eigenvalue weighted by atomic mass is 10.1. The molecule has 0 radical (unpaired) electrons. The van der Waals surface area contributed by atoms with Gasteiger partial charge in [0, 0.05) is 19.3 Å². The molecule has 0 aromatic carbocycles. The number of carbonyl (C=O) groups excluding carboxylic acids is 3. The number of rotatable bonds is 45. The highest BCUT2D eigenvalue weighted by molar-refractivity contribution is 5.71. The van der Waals surface area contributed by atoms with E-state index >= 15 is 0 Å². The zero-order chi connectivity index (χ0) is 43.7. The predicted molar refractivity (Wildman–Crippen MR) is 256 cm³/mol. The summed E-state index contributed by atoms with van der Waals surface area (Å²) in [4.78, 5) is 37.9. The highest BCUT2D eigenvalue weighted by atomic mass is 16.6. The van der Waals surface area contributed by atoms with E-state index in [0.29, 0.717) is 19.3 Å². The molecule has 346 valence electrons. The Bertz CT molecular complexity index is 1100. The Labute approximate surface area is 370 Å². The van der Waals surface area contributed by atoms with Gasteiger partial charge in [-0.3, -0.25) is 14.4 Å². The fourth-order valence-corrected chi connectivity index (χ4v) is 6.82. The lowest BCUT2D eigenvalue weighted by Gasteiger charge is -2.18. The molecule has 0 amide bonds. The van der Waals surface area contributed by atoms with Crippen molar-refractivity contribution in [2.75, 3.05) is 13.2 Å². The van der Waals surface area contributed by atoms with Gasteiger partial charge in [0.1, 0.15) is 13.2 Å². The molecule has 0 heterocycles. The van der Waals surface area contributed by atoms with E-state index in [0.717, 1.165) is 109 Å². The van der Waals surface area contributed by atoms with Gasteiger partial charge in [-0.2, -0.15) is 0 Å². The average molecular weight is 839 g/mol. The molecule has 6 heteroatoms. The largest absolute Gasteiger partial charge is 0.462 e. The van der Waals surface area contributed by atoms with Gasteiger partial charge in [-0.25, -0.2) is 0 Å². The van der Waals surface area contributed by atoms with Crippen molar-refractivity contribution in [3.8, 4) is 0 Å². The number of carbonyl (C=O) groups is 3. The number of hydrogen-bond acceptors (Lipinski definition) is 6. The molecule has 0 fully saturated rings. The molecule has 0 saturated carbocycles. The van der Waals surface area contributed by atoms with E-state index in [1.807, 2.05) is 0 Å². The van der Waals surface area contributed by atoms with Crippen LogP contribution in [0, 0.1) is 0 Å². The summed E-state index contributed by atoms with van der Waals surface area (Å²) >= 11 is 0. The van der Waals surface area contributed by atoms with Gasteiger partial charge >= 0.3 is 17.9 Å². The normalized spacial score (nSPS) is 12.5. The molecule has 0 bridgehead atoms. The maximum atomic E-state index is 12.8. The van der Waals surface area contributed by atoms with Gasteiger partial charge in [-0.05, 0) is 96.3 Å². The third kappa shape index (κ3) is 46.2. The first-order valence-electron chi connectivity index (χ1n) is 25.3. The van der Waals surface area contributed by atoms with Crippen LogP contribution in [0.5, 0.6) is 0 Å². The Morgan fingerprint density at radius 2 is 0.617 bits per heavy atom. The van der Waals surface area contributed by atoms with E-state index in [9.17, 15) is 14.4 Å². The van der Waals surface area contributed by atoms with Crippen LogP contribution in [0.1, 0.15) is 245 Å². The Morgan fingerprint density at radius 3 is 0.983 bits per heavy atom. The van der Waals surface area contributed by atoms with Gasteiger partial charge in [-0.1, -0.05) is 191 Å². The van der Waals surface area contributed by atoms with Crippen LogP contribution in [0.4, 0.5) is 0 Å². The van der Waals surface area contributed by atoms with Gasteiger partial charge in [-0.15, -0.1) is 0 Å². The molecule has 0 N–H and O–H groups in total. The van der Waals surface area contributed by atoms with Crippen molar-refractivity contribution >= 4 is 17.9 Å². The number of ether oxygens (including phenoxy) is 3. The van der Waals surface area contributed by atoms with Crippen LogP contribution in [0.2, 0.25) is 0 Å². The Hall–Kier alpha value is -2.89. The molecule has 0 rings (SSSR count). The molecular weight excluding hydrogens is 745 g/mol. The second-order valence-corrected chi connectivity index (χ2v) is 16.7. The fourth-order valence-electron chi connectivity index (χ4n) is 6.82.